The van der Waals surface area contributed by atoms with E-state index in [9.17, 15) is 14.7 Å². The number of carbonyl (C=O) groups is 2. The van der Waals surface area contributed by atoms with Gasteiger partial charge in [-0.05, 0) is 73.5 Å². The Bertz CT molecular complexity index is 909. The van der Waals surface area contributed by atoms with Gasteiger partial charge in [-0.1, -0.05) is 27.7 Å². The van der Waals surface area contributed by atoms with Gasteiger partial charge in [-0.15, -0.1) is 0 Å². The molecule has 0 aromatic carbocycles. The lowest BCUT2D eigenvalue weighted by molar-refractivity contribution is -0.273. The number of esters is 1. The van der Waals surface area contributed by atoms with Gasteiger partial charge in [0, 0.05) is 37.5 Å². The number of hydrogen-bond acceptors (Lipinski definition) is 6. The van der Waals surface area contributed by atoms with Crippen molar-refractivity contribution in [1.29, 1.82) is 0 Å². The van der Waals surface area contributed by atoms with Crippen molar-refractivity contribution in [1.82, 2.24) is 0 Å². The fraction of sp³-hybridized carbons (Fsp3) is 0.931. The van der Waals surface area contributed by atoms with Crippen molar-refractivity contribution in [2.75, 3.05) is 6.61 Å². The molecular formula is C29H44O6. The molecule has 6 nitrogen and oxygen atoms in total. The third-order valence-corrected chi connectivity index (χ3v) is 12.2. The lowest BCUT2D eigenvalue weighted by atomic mass is 9.42. The first kappa shape index (κ1) is 24.4. The average Bonchev–Trinajstić information content (AvgIpc) is 3.23. The molecule has 0 amide bonds. The molecular weight excluding hydrogens is 444 g/mol. The van der Waals surface area contributed by atoms with Crippen LogP contribution in [0.5, 0.6) is 0 Å². The molecule has 35 heavy (non-hydrogen) atoms. The highest BCUT2D eigenvalue weighted by atomic mass is 16.7. The highest BCUT2D eigenvalue weighted by molar-refractivity contribution is 5.89. The zero-order valence-corrected chi connectivity index (χ0v) is 22.2. The lowest BCUT2D eigenvalue weighted by Gasteiger charge is -2.63. The van der Waals surface area contributed by atoms with Crippen LogP contribution in [-0.4, -0.2) is 47.1 Å². The molecule has 6 rings (SSSR count). The molecule has 6 aliphatic rings. The van der Waals surface area contributed by atoms with E-state index >= 15 is 0 Å². The molecule has 0 radical (unpaired) electrons. The number of fused-ring (bicyclic) bond motifs is 7. The second-order valence-electron chi connectivity index (χ2n) is 13.8. The molecule has 6 fully saturated rings. The van der Waals surface area contributed by atoms with Crippen LogP contribution in [0, 0.1) is 46.3 Å². The first-order valence-corrected chi connectivity index (χ1v) is 14.2. The zero-order valence-electron chi connectivity index (χ0n) is 22.2. The third-order valence-electron chi connectivity index (χ3n) is 12.2. The Kier molecular flexibility index (Phi) is 5.41. The van der Waals surface area contributed by atoms with Gasteiger partial charge in [0.1, 0.15) is 11.7 Å². The SMILES string of the molecule is CC(=O)O[C@H]1CC[C@]2(C)[C@H]3CC[C@]4(C)[C@@H]5[C@H](C[C@H]4[C@@H]3CC(=O)[C@@]2(O)C1)O[C@]1(CCC(C)CO1)[C@H]5C. The fourth-order valence-corrected chi connectivity index (χ4v) is 10.4. The Hall–Kier alpha value is -0.980. The molecule has 2 aliphatic heterocycles. The maximum atomic E-state index is 13.7. The van der Waals surface area contributed by atoms with Gasteiger partial charge in [0.15, 0.2) is 11.6 Å². The molecule has 6 heteroatoms. The molecule has 1 N–H and O–H groups in total. The number of Topliss-reactive ketones (excluding diaryl/α,β-unsaturated/α-hetero) is 1. The van der Waals surface area contributed by atoms with E-state index in [-0.39, 0.29) is 35.8 Å². The highest BCUT2D eigenvalue weighted by Crippen LogP contribution is 2.71. The average molecular weight is 489 g/mol. The molecule has 4 saturated carbocycles. The number of rotatable bonds is 1. The monoisotopic (exact) mass is 488 g/mol. The van der Waals surface area contributed by atoms with Crippen LogP contribution in [0.2, 0.25) is 0 Å². The van der Waals surface area contributed by atoms with Crippen LogP contribution in [0.4, 0.5) is 0 Å². The first-order valence-electron chi connectivity index (χ1n) is 14.2. The summed E-state index contributed by atoms with van der Waals surface area (Å²) >= 11 is 0. The third kappa shape index (κ3) is 3.18. The van der Waals surface area contributed by atoms with Gasteiger partial charge in [-0.2, -0.15) is 0 Å². The summed E-state index contributed by atoms with van der Waals surface area (Å²) in [6, 6.07) is 0. The predicted molar refractivity (Wildman–Crippen MR) is 129 cm³/mol. The summed E-state index contributed by atoms with van der Waals surface area (Å²) in [7, 11) is 0. The van der Waals surface area contributed by atoms with Gasteiger partial charge in [-0.3, -0.25) is 9.59 Å². The summed E-state index contributed by atoms with van der Waals surface area (Å²) in [6.45, 7) is 11.4. The Morgan fingerprint density at radius 1 is 1.09 bits per heavy atom. The number of ketones is 1. The topological polar surface area (TPSA) is 82.1 Å². The number of aliphatic hydroxyl groups is 1. The fourth-order valence-electron chi connectivity index (χ4n) is 10.4. The van der Waals surface area contributed by atoms with E-state index in [0.717, 1.165) is 51.6 Å². The van der Waals surface area contributed by atoms with E-state index in [1.807, 2.05) is 0 Å². The van der Waals surface area contributed by atoms with Crippen LogP contribution < -0.4 is 0 Å². The van der Waals surface area contributed by atoms with E-state index in [4.69, 9.17) is 14.2 Å². The number of carbonyl (C=O) groups excluding carboxylic acids is 2. The van der Waals surface area contributed by atoms with Crippen LogP contribution >= 0.6 is 0 Å². The summed E-state index contributed by atoms with van der Waals surface area (Å²) in [6.07, 6.45) is 7.30. The van der Waals surface area contributed by atoms with Crippen molar-refractivity contribution in [2.24, 2.45) is 46.3 Å². The smallest absolute Gasteiger partial charge is 0.302 e. The quantitative estimate of drug-likeness (QED) is 0.541. The van der Waals surface area contributed by atoms with Crippen LogP contribution in [0.3, 0.4) is 0 Å². The van der Waals surface area contributed by atoms with E-state index in [2.05, 4.69) is 27.7 Å². The summed E-state index contributed by atoms with van der Waals surface area (Å²) in [4.78, 5) is 25.2. The molecule has 1 unspecified atom stereocenters. The van der Waals surface area contributed by atoms with Crippen molar-refractivity contribution in [2.45, 2.75) is 116 Å². The van der Waals surface area contributed by atoms with Crippen LogP contribution in [0.1, 0.15) is 92.4 Å². The van der Waals surface area contributed by atoms with Gasteiger partial charge in [0.2, 0.25) is 0 Å². The van der Waals surface area contributed by atoms with Gasteiger partial charge in [0.25, 0.3) is 0 Å². The van der Waals surface area contributed by atoms with Crippen molar-refractivity contribution in [3.8, 4) is 0 Å². The van der Waals surface area contributed by atoms with Crippen LogP contribution in [0.25, 0.3) is 0 Å². The second-order valence-corrected chi connectivity index (χ2v) is 13.8. The Morgan fingerprint density at radius 3 is 2.54 bits per heavy atom. The molecule has 2 heterocycles. The molecule has 0 aromatic rings. The van der Waals surface area contributed by atoms with Crippen LogP contribution in [-0.2, 0) is 23.8 Å². The highest BCUT2D eigenvalue weighted by Gasteiger charge is 2.72. The van der Waals surface area contributed by atoms with Gasteiger partial charge in [-0.25, -0.2) is 0 Å². The lowest BCUT2D eigenvalue weighted by Crippen LogP contribution is -2.67. The van der Waals surface area contributed by atoms with E-state index in [1.165, 1.54) is 6.92 Å². The van der Waals surface area contributed by atoms with Crippen LogP contribution in [0.15, 0.2) is 0 Å². The molecule has 12 atom stereocenters. The standard InChI is InChI=1S/C29H44O6/c1-16-6-11-29(33-15-16)17(2)25-23(35-29)13-22-20-12-24(31)28(32)14-19(34-18(3)30)7-10-27(28,5)21(20)8-9-26(22,25)4/h16-17,19-23,25,32H,6-15H2,1-5H3/t16?,17-,19-,20+,21-,22-,23-,25-,26-,27+,28-,29+/m0/s1. The second kappa shape index (κ2) is 7.77. The van der Waals surface area contributed by atoms with Gasteiger partial charge >= 0.3 is 5.97 Å². The van der Waals surface area contributed by atoms with E-state index < -0.39 is 16.8 Å². The normalized spacial score (nSPS) is 57.3. The largest absolute Gasteiger partial charge is 0.462 e. The maximum Gasteiger partial charge on any atom is 0.302 e. The molecule has 0 bridgehead atoms. The van der Waals surface area contributed by atoms with Gasteiger partial charge in [0.05, 0.1) is 12.7 Å². The Balaban J connectivity index is 1.26. The number of hydrogen-bond donors (Lipinski definition) is 1. The Morgan fingerprint density at radius 2 is 1.86 bits per heavy atom. The first-order chi connectivity index (χ1) is 16.4. The van der Waals surface area contributed by atoms with Gasteiger partial charge < -0.3 is 19.3 Å². The van der Waals surface area contributed by atoms with E-state index in [0.29, 0.717) is 41.9 Å². The summed E-state index contributed by atoms with van der Waals surface area (Å²) in [5.74, 6) is 1.68. The zero-order chi connectivity index (χ0) is 25.0. The Labute approximate surface area is 209 Å². The minimum absolute atomic E-state index is 0.0329. The summed E-state index contributed by atoms with van der Waals surface area (Å²) in [5.41, 5.74) is -1.71. The maximum absolute atomic E-state index is 13.7. The molecule has 0 aromatic heterocycles. The predicted octanol–water partition coefficient (Wildman–Crippen LogP) is 4.66. The van der Waals surface area contributed by atoms with Crippen molar-refractivity contribution in [3.63, 3.8) is 0 Å². The molecule has 196 valence electrons. The van der Waals surface area contributed by atoms with Crippen molar-refractivity contribution in [3.05, 3.63) is 0 Å². The molecule has 2 saturated heterocycles. The summed E-state index contributed by atoms with van der Waals surface area (Å²) in [5, 5.41) is 11.9. The minimum Gasteiger partial charge on any atom is -0.462 e. The summed E-state index contributed by atoms with van der Waals surface area (Å²) < 4.78 is 18.7. The molecule has 1 spiro atoms. The van der Waals surface area contributed by atoms with Crippen molar-refractivity contribution >= 4 is 11.8 Å². The van der Waals surface area contributed by atoms with Crippen molar-refractivity contribution < 1.29 is 28.9 Å². The molecule has 4 aliphatic carbocycles. The number of ether oxygens (including phenoxy) is 3. The van der Waals surface area contributed by atoms with E-state index in [1.54, 1.807) is 0 Å². The minimum atomic E-state index is -1.39.